The molecule has 1 aliphatic carbocycles. The lowest BCUT2D eigenvalue weighted by Gasteiger charge is -2.35. The molecule has 1 aromatic heterocycles. The Morgan fingerprint density at radius 3 is 2.36 bits per heavy atom. The van der Waals surface area contributed by atoms with E-state index in [1.54, 1.807) is 0 Å². The molecule has 2 heterocycles. The van der Waals surface area contributed by atoms with E-state index in [1.807, 2.05) is 17.2 Å². The Labute approximate surface area is 196 Å². The summed E-state index contributed by atoms with van der Waals surface area (Å²) in [5, 5.41) is 0. The van der Waals surface area contributed by atoms with Gasteiger partial charge >= 0.3 is 0 Å². The molecule has 0 radical (unpaired) electrons. The Kier molecular flexibility index (Phi) is 5.45. The van der Waals surface area contributed by atoms with Crippen molar-refractivity contribution in [3.05, 3.63) is 83.0 Å². The van der Waals surface area contributed by atoms with E-state index in [-0.39, 0.29) is 11.3 Å². The van der Waals surface area contributed by atoms with Gasteiger partial charge in [-0.1, -0.05) is 50.2 Å². The third kappa shape index (κ3) is 3.91. The Balaban J connectivity index is 1.28. The number of nitrogens with zero attached hydrogens (tertiary/aromatic N) is 4. The molecule has 2 aliphatic rings. The molecular weight excluding hydrogens is 408 g/mol. The van der Waals surface area contributed by atoms with E-state index in [2.05, 4.69) is 91.3 Å². The van der Waals surface area contributed by atoms with Crippen molar-refractivity contribution in [3.63, 3.8) is 0 Å². The molecule has 0 saturated carbocycles. The fraction of sp³-hybridized carbons (Fsp3) is 0.357. The van der Waals surface area contributed by atoms with Crippen molar-refractivity contribution in [2.75, 3.05) is 45.2 Å². The molecule has 0 spiro atoms. The monoisotopic (exact) mass is 440 g/mol. The number of pyridine rings is 1. The summed E-state index contributed by atoms with van der Waals surface area (Å²) in [7, 11) is 4.12. The first-order valence-corrected chi connectivity index (χ1v) is 11.7. The van der Waals surface area contributed by atoms with Crippen molar-refractivity contribution in [2.24, 2.45) is 0 Å². The van der Waals surface area contributed by atoms with Crippen molar-refractivity contribution in [2.45, 2.75) is 25.8 Å². The van der Waals surface area contributed by atoms with Gasteiger partial charge in [0, 0.05) is 49.9 Å². The molecule has 1 fully saturated rings. The number of rotatable bonds is 4. The number of carbonyl (C=O) groups excluding carboxylic acids is 1. The molecule has 1 saturated heterocycles. The van der Waals surface area contributed by atoms with Crippen LogP contribution in [0.2, 0.25) is 0 Å². The summed E-state index contributed by atoms with van der Waals surface area (Å²) in [6, 6.07) is 19.1. The SMILES string of the molecule is CN(C)Cc1ccc(N2CCN(C(=O)c3ccc4c(c3)C(C)(C)c3ccccc3-4)CC2)nc1. The maximum atomic E-state index is 13.4. The predicted octanol–water partition coefficient (Wildman–Crippen LogP) is 4.41. The van der Waals surface area contributed by atoms with Gasteiger partial charge in [0.2, 0.25) is 0 Å². The van der Waals surface area contributed by atoms with Crippen molar-refractivity contribution in [1.29, 1.82) is 0 Å². The minimum absolute atomic E-state index is 0.0919. The van der Waals surface area contributed by atoms with Gasteiger partial charge in [0.05, 0.1) is 0 Å². The molecule has 170 valence electrons. The smallest absolute Gasteiger partial charge is 0.253 e. The normalized spacial score (nSPS) is 16.6. The van der Waals surface area contributed by atoms with Gasteiger partial charge in [-0.15, -0.1) is 0 Å². The van der Waals surface area contributed by atoms with Crippen LogP contribution in [0.3, 0.4) is 0 Å². The van der Waals surface area contributed by atoms with Gasteiger partial charge in [0.25, 0.3) is 5.91 Å². The van der Waals surface area contributed by atoms with Crippen LogP contribution in [-0.2, 0) is 12.0 Å². The third-order valence-electron chi connectivity index (χ3n) is 7.03. The molecule has 3 aromatic rings. The number of anilines is 1. The number of fused-ring (bicyclic) bond motifs is 3. The van der Waals surface area contributed by atoms with E-state index in [1.165, 1.54) is 27.8 Å². The molecule has 2 aromatic carbocycles. The highest BCUT2D eigenvalue weighted by molar-refractivity contribution is 5.96. The van der Waals surface area contributed by atoms with E-state index < -0.39 is 0 Å². The maximum Gasteiger partial charge on any atom is 0.253 e. The summed E-state index contributed by atoms with van der Waals surface area (Å²) < 4.78 is 0. The molecule has 33 heavy (non-hydrogen) atoms. The van der Waals surface area contributed by atoms with Crippen molar-refractivity contribution >= 4 is 11.7 Å². The predicted molar refractivity (Wildman–Crippen MR) is 134 cm³/mol. The summed E-state index contributed by atoms with van der Waals surface area (Å²) in [5.41, 5.74) is 7.02. The average Bonchev–Trinajstić information content (AvgIpc) is 3.06. The van der Waals surface area contributed by atoms with Crippen molar-refractivity contribution < 1.29 is 4.79 Å². The molecule has 5 heteroatoms. The summed E-state index contributed by atoms with van der Waals surface area (Å²) in [4.78, 5) is 24.4. The van der Waals surface area contributed by atoms with Crippen LogP contribution in [0, 0.1) is 0 Å². The zero-order chi connectivity index (χ0) is 23.2. The minimum atomic E-state index is -0.0919. The van der Waals surface area contributed by atoms with Crippen LogP contribution >= 0.6 is 0 Å². The summed E-state index contributed by atoms with van der Waals surface area (Å²) in [6.45, 7) is 8.41. The van der Waals surface area contributed by atoms with Crippen LogP contribution in [-0.4, -0.2) is 61.0 Å². The van der Waals surface area contributed by atoms with Crippen LogP contribution in [0.1, 0.15) is 40.9 Å². The number of piperazine rings is 1. The van der Waals surface area contributed by atoms with Gasteiger partial charge in [-0.2, -0.15) is 0 Å². The third-order valence-corrected chi connectivity index (χ3v) is 7.03. The lowest BCUT2D eigenvalue weighted by molar-refractivity contribution is 0.0746. The first-order chi connectivity index (χ1) is 15.8. The topological polar surface area (TPSA) is 39.7 Å². The molecule has 5 nitrogen and oxygen atoms in total. The first kappa shape index (κ1) is 21.7. The molecule has 1 amide bonds. The number of amides is 1. The number of hydrogen-bond acceptors (Lipinski definition) is 4. The highest BCUT2D eigenvalue weighted by Gasteiger charge is 2.36. The Morgan fingerprint density at radius 2 is 1.67 bits per heavy atom. The Hall–Kier alpha value is -3.18. The highest BCUT2D eigenvalue weighted by Crippen LogP contribution is 2.48. The molecule has 1 aliphatic heterocycles. The first-order valence-electron chi connectivity index (χ1n) is 11.7. The van der Waals surface area contributed by atoms with Gasteiger partial charge < -0.3 is 14.7 Å². The van der Waals surface area contributed by atoms with E-state index in [4.69, 9.17) is 0 Å². The summed E-state index contributed by atoms with van der Waals surface area (Å²) in [6.07, 6.45) is 1.96. The minimum Gasteiger partial charge on any atom is -0.353 e. The van der Waals surface area contributed by atoms with Gasteiger partial charge in [-0.05, 0) is 60.1 Å². The number of benzene rings is 2. The number of aromatic nitrogens is 1. The second-order valence-electron chi connectivity index (χ2n) is 9.97. The summed E-state index contributed by atoms with van der Waals surface area (Å²) >= 11 is 0. The van der Waals surface area contributed by atoms with Crippen molar-refractivity contribution in [1.82, 2.24) is 14.8 Å². The lowest BCUT2D eigenvalue weighted by atomic mass is 9.82. The van der Waals surface area contributed by atoms with Crippen molar-refractivity contribution in [3.8, 4) is 11.1 Å². The Morgan fingerprint density at radius 1 is 0.939 bits per heavy atom. The lowest BCUT2D eigenvalue weighted by Crippen LogP contribution is -2.49. The van der Waals surface area contributed by atoms with Crippen LogP contribution in [0.5, 0.6) is 0 Å². The number of carbonyl (C=O) groups is 1. The summed E-state index contributed by atoms with van der Waals surface area (Å²) in [5.74, 6) is 1.11. The Bertz CT molecular complexity index is 1170. The average molecular weight is 441 g/mol. The van der Waals surface area contributed by atoms with E-state index in [0.717, 1.165) is 31.0 Å². The highest BCUT2D eigenvalue weighted by atomic mass is 16.2. The number of hydrogen-bond donors (Lipinski definition) is 0. The molecular formula is C28H32N4O. The van der Waals surface area contributed by atoms with Gasteiger partial charge in [0.1, 0.15) is 5.82 Å². The zero-order valence-electron chi connectivity index (χ0n) is 20.0. The fourth-order valence-corrected chi connectivity index (χ4v) is 5.22. The second kappa shape index (κ2) is 8.31. The molecule has 0 atom stereocenters. The van der Waals surface area contributed by atoms with Crippen LogP contribution in [0.25, 0.3) is 11.1 Å². The van der Waals surface area contributed by atoms with Gasteiger partial charge in [0.15, 0.2) is 0 Å². The quantitative estimate of drug-likeness (QED) is 0.602. The van der Waals surface area contributed by atoms with Crippen LogP contribution in [0.4, 0.5) is 5.82 Å². The molecule has 0 unspecified atom stereocenters. The zero-order valence-corrected chi connectivity index (χ0v) is 20.0. The molecule has 0 N–H and O–H groups in total. The van der Waals surface area contributed by atoms with E-state index >= 15 is 0 Å². The van der Waals surface area contributed by atoms with Crippen LogP contribution < -0.4 is 4.90 Å². The standard InChI is InChI=1S/C28H32N4O/c1-28(2)24-8-6-5-7-22(24)23-11-10-21(17-25(23)28)27(33)32-15-13-31(14-16-32)26-12-9-20(18-29-26)19-30(3)4/h5-12,17-18H,13-16,19H2,1-4H3. The second-order valence-corrected chi connectivity index (χ2v) is 9.97. The van der Waals surface area contributed by atoms with E-state index in [0.29, 0.717) is 13.1 Å². The van der Waals surface area contributed by atoms with Gasteiger partial charge in [-0.3, -0.25) is 4.79 Å². The van der Waals surface area contributed by atoms with E-state index in [9.17, 15) is 4.79 Å². The van der Waals surface area contributed by atoms with Crippen LogP contribution in [0.15, 0.2) is 60.8 Å². The maximum absolute atomic E-state index is 13.4. The van der Waals surface area contributed by atoms with Gasteiger partial charge in [-0.25, -0.2) is 4.98 Å². The molecule has 0 bridgehead atoms. The molecule has 5 rings (SSSR count). The fourth-order valence-electron chi connectivity index (χ4n) is 5.22. The largest absolute Gasteiger partial charge is 0.353 e.